The number of ether oxygens (including phenoxy) is 2. The van der Waals surface area contributed by atoms with Crippen LogP contribution in [0, 0.1) is 0 Å². The minimum atomic E-state index is -1.54. The molecule has 4 aromatic rings. The Balaban J connectivity index is 1.10. The predicted molar refractivity (Wildman–Crippen MR) is 176 cm³/mol. The fourth-order valence-corrected chi connectivity index (χ4v) is 7.27. The van der Waals surface area contributed by atoms with E-state index in [1.807, 2.05) is 42.5 Å². The average Bonchev–Trinajstić information content (AvgIpc) is 3.44. The topological polar surface area (TPSA) is 160 Å². The van der Waals surface area contributed by atoms with Crippen molar-refractivity contribution < 1.29 is 44.3 Å². The quantitative estimate of drug-likeness (QED) is 0.214. The second kappa shape index (κ2) is 12.4. The summed E-state index contributed by atoms with van der Waals surface area (Å²) in [7, 11) is 1.41. The Bertz CT molecular complexity index is 1950. The van der Waals surface area contributed by atoms with Crippen molar-refractivity contribution in [3.63, 3.8) is 0 Å². The molecule has 7 rings (SSSR count). The summed E-state index contributed by atoms with van der Waals surface area (Å²) in [6.07, 6.45) is -2.31. The molecule has 0 radical (unpaired) electrons. The number of nitrogens with zero attached hydrogens (tertiary/aromatic N) is 3. The monoisotopic (exact) mass is 653 g/mol. The number of carbonyl (C=O) groups excluding carboxylic acids is 2. The number of benzene rings is 4. The Morgan fingerprint density at radius 1 is 0.958 bits per heavy atom. The lowest BCUT2D eigenvalue weighted by Crippen LogP contribution is -2.55. The number of hydrogen-bond acceptors (Lipinski definition) is 8. The number of methoxy groups -OCH3 is 1. The average molecular weight is 654 g/mol. The van der Waals surface area contributed by atoms with Crippen molar-refractivity contribution in [1.29, 1.82) is 0 Å². The van der Waals surface area contributed by atoms with Crippen molar-refractivity contribution in [2.24, 2.45) is 0 Å². The van der Waals surface area contributed by atoms with E-state index in [0.717, 1.165) is 27.0 Å². The first-order valence-corrected chi connectivity index (χ1v) is 15.8. The summed E-state index contributed by atoms with van der Waals surface area (Å²) in [6, 6.07) is 18.5. The van der Waals surface area contributed by atoms with Crippen molar-refractivity contribution in [2.45, 2.75) is 44.0 Å². The number of phenols is 1. The summed E-state index contributed by atoms with van der Waals surface area (Å²) in [6.45, 7) is 0.404. The smallest absolute Gasteiger partial charge is 0.414 e. The van der Waals surface area contributed by atoms with Crippen LogP contribution in [0.25, 0.3) is 10.8 Å². The van der Waals surface area contributed by atoms with Crippen LogP contribution >= 0.6 is 0 Å². The van der Waals surface area contributed by atoms with E-state index in [9.17, 15) is 34.8 Å². The van der Waals surface area contributed by atoms with Gasteiger partial charge in [0.15, 0.2) is 17.7 Å². The molecule has 0 fully saturated rings. The third-order valence-electron chi connectivity index (χ3n) is 9.59. The van der Waals surface area contributed by atoms with E-state index in [1.54, 1.807) is 17.0 Å². The zero-order chi connectivity index (χ0) is 33.7. The van der Waals surface area contributed by atoms with E-state index in [-0.39, 0.29) is 85.9 Å². The Labute approximate surface area is 275 Å². The van der Waals surface area contributed by atoms with Gasteiger partial charge in [-0.05, 0) is 41.0 Å². The number of fused-ring (bicyclic) bond motifs is 6. The van der Waals surface area contributed by atoms with Crippen LogP contribution in [0.5, 0.6) is 17.2 Å². The van der Waals surface area contributed by atoms with Crippen LogP contribution in [0.15, 0.2) is 66.7 Å². The van der Waals surface area contributed by atoms with Crippen LogP contribution in [0.1, 0.15) is 45.8 Å². The summed E-state index contributed by atoms with van der Waals surface area (Å²) in [5, 5.41) is 43.8. The number of phenolic OH excluding ortho intramolecular Hbond substituents is 1. The first-order chi connectivity index (χ1) is 23.2. The van der Waals surface area contributed by atoms with Gasteiger partial charge in [0.2, 0.25) is 5.91 Å². The highest BCUT2D eigenvalue weighted by atomic mass is 16.5. The molecule has 3 aliphatic heterocycles. The van der Waals surface area contributed by atoms with Gasteiger partial charge in [0.1, 0.15) is 5.75 Å². The van der Waals surface area contributed by atoms with Crippen LogP contribution in [0.3, 0.4) is 0 Å². The molecule has 3 aliphatic rings. The minimum absolute atomic E-state index is 0.0268. The van der Waals surface area contributed by atoms with Crippen molar-refractivity contribution in [3.05, 3.63) is 89.0 Å². The van der Waals surface area contributed by atoms with Gasteiger partial charge in [-0.3, -0.25) is 9.59 Å². The largest absolute Gasteiger partial charge is 0.507 e. The van der Waals surface area contributed by atoms with Crippen molar-refractivity contribution in [1.82, 2.24) is 4.90 Å². The predicted octanol–water partition coefficient (Wildman–Crippen LogP) is 4.22. The standard InChI is InChI=1S/C36H35N3O9/c1-47-30-14-25-26(39(36(45)46)35(44)28-13-20-7-2-3-8-21(20)17-38(28)34(25)43)16-31(30)48-12-6-11-32(42)37-18-22(19-40)33-24-10-5-4-9-23(24)29(41)15-27(33)37/h2-5,7-10,14-16,22,28,35,40-41,44H,6,11-13,17-19H2,1H3,(H,45,46)/t22-,28-,35?/m0/s1. The van der Waals surface area contributed by atoms with Crippen molar-refractivity contribution in [3.8, 4) is 17.2 Å². The van der Waals surface area contributed by atoms with Gasteiger partial charge in [-0.1, -0.05) is 48.5 Å². The number of anilines is 2. The Kier molecular flexibility index (Phi) is 8.06. The molecular weight excluding hydrogens is 618 g/mol. The van der Waals surface area contributed by atoms with Gasteiger partial charge in [-0.15, -0.1) is 0 Å². The first-order valence-electron chi connectivity index (χ1n) is 15.8. The number of aliphatic hydroxyl groups is 2. The lowest BCUT2D eigenvalue weighted by molar-refractivity contribution is -0.118. The van der Waals surface area contributed by atoms with Gasteiger partial charge in [0.05, 0.1) is 43.3 Å². The summed E-state index contributed by atoms with van der Waals surface area (Å²) in [5.41, 5.74) is 3.29. The highest BCUT2D eigenvalue weighted by molar-refractivity contribution is 6.06. The Morgan fingerprint density at radius 2 is 1.69 bits per heavy atom. The molecule has 3 amide bonds. The Hall–Kier alpha value is -5.33. The van der Waals surface area contributed by atoms with Crippen LogP contribution in [-0.4, -0.2) is 82.4 Å². The maximum atomic E-state index is 13.9. The fourth-order valence-electron chi connectivity index (χ4n) is 7.27. The highest BCUT2D eigenvalue weighted by Gasteiger charge is 2.45. The maximum Gasteiger partial charge on any atom is 0.414 e. The zero-order valence-electron chi connectivity index (χ0n) is 26.2. The van der Waals surface area contributed by atoms with E-state index in [2.05, 4.69) is 0 Å². The van der Waals surface area contributed by atoms with Crippen LogP contribution < -0.4 is 19.3 Å². The molecule has 48 heavy (non-hydrogen) atoms. The summed E-state index contributed by atoms with van der Waals surface area (Å²) in [4.78, 5) is 43.7. The number of aromatic hydroxyl groups is 1. The van der Waals surface area contributed by atoms with Crippen LogP contribution in [-0.2, 0) is 17.8 Å². The number of hydrogen-bond donors (Lipinski definition) is 4. The molecular formula is C36H35N3O9. The Morgan fingerprint density at radius 3 is 2.42 bits per heavy atom. The molecule has 0 saturated carbocycles. The molecule has 4 N–H and O–H groups in total. The molecule has 248 valence electrons. The zero-order valence-corrected chi connectivity index (χ0v) is 26.2. The van der Waals surface area contributed by atoms with E-state index < -0.39 is 24.3 Å². The molecule has 0 bridgehead atoms. The molecule has 1 unspecified atom stereocenters. The fraction of sp³-hybridized carbons (Fsp3) is 0.306. The summed E-state index contributed by atoms with van der Waals surface area (Å²) >= 11 is 0. The first kappa shape index (κ1) is 31.3. The van der Waals surface area contributed by atoms with E-state index >= 15 is 0 Å². The number of carbonyl (C=O) groups is 3. The third-order valence-corrected chi connectivity index (χ3v) is 9.59. The number of amides is 3. The molecule has 12 nitrogen and oxygen atoms in total. The van der Waals surface area contributed by atoms with Gasteiger partial charge < -0.3 is 39.7 Å². The van der Waals surface area contributed by atoms with Crippen molar-refractivity contribution >= 4 is 40.1 Å². The molecule has 0 saturated heterocycles. The molecule has 0 aliphatic carbocycles. The molecule has 0 aromatic heterocycles. The van der Waals surface area contributed by atoms with Crippen LogP contribution in [0.2, 0.25) is 0 Å². The number of aliphatic hydroxyl groups excluding tert-OH is 2. The van der Waals surface area contributed by atoms with Gasteiger partial charge in [-0.2, -0.15) is 0 Å². The summed E-state index contributed by atoms with van der Waals surface area (Å²) in [5.74, 6) is -0.526. The van der Waals surface area contributed by atoms with Gasteiger partial charge in [0, 0.05) is 42.9 Å². The molecule has 0 spiro atoms. The third kappa shape index (κ3) is 5.13. The van der Waals surface area contributed by atoms with Gasteiger partial charge >= 0.3 is 6.09 Å². The van der Waals surface area contributed by atoms with Crippen LogP contribution in [0.4, 0.5) is 16.2 Å². The molecule has 12 heteroatoms. The second-order valence-corrected chi connectivity index (χ2v) is 12.3. The molecule has 3 heterocycles. The van der Waals surface area contributed by atoms with E-state index in [4.69, 9.17) is 9.47 Å². The molecule has 3 atom stereocenters. The maximum absolute atomic E-state index is 13.9. The highest BCUT2D eigenvalue weighted by Crippen LogP contribution is 2.45. The summed E-state index contributed by atoms with van der Waals surface area (Å²) < 4.78 is 11.5. The SMILES string of the molecule is COc1cc2c(cc1OCCCC(=O)N1C[C@@H](CO)c3c1cc(O)c1ccccc31)N(C(=O)O)C(O)[C@@H]1Cc3ccccc3CN1C2=O. The second-order valence-electron chi connectivity index (χ2n) is 12.3. The normalized spacial score (nSPS) is 19.7. The van der Waals surface area contributed by atoms with E-state index in [0.29, 0.717) is 11.1 Å². The van der Waals surface area contributed by atoms with E-state index in [1.165, 1.54) is 24.1 Å². The number of carboxylic acid groups (broad SMARTS) is 1. The minimum Gasteiger partial charge on any atom is -0.507 e. The van der Waals surface area contributed by atoms with Crippen molar-refractivity contribution in [2.75, 3.05) is 36.7 Å². The van der Waals surface area contributed by atoms with Gasteiger partial charge in [0.25, 0.3) is 5.91 Å². The lowest BCUT2D eigenvalue weighted by atomic mass is 9.93. The number of rotatable bonds is 7. The van der Waals surface area contributed by atoms with Gasteiger partial charge in [-0.25, -0.2) is 9.69 Å². The molecule has 4 aromatic carbocycles. The lowest BCUT2D eigenvalue weighted by Gasteiger charge is -2.39.